The number of phenols is 1. The predicted octanol–water partition coefficient (Wildman–Crippen LogP) is 4.86. The van der Waals surface area contributed by atoms with Crippen LogP contribution in [0.5, 0.6) is 5.75 Å². The highest BCUT2D eigenvalue weighted by atomic mass is 16.3. The summed E-state index contributed by atoms with van der Waals surface area (Å²) < 4.78 is 2.35. The first kappa shape index (κ1) is 15.1. The number of nitrogens with zero attached hydrogens (tertiary/aromatic N) is 2. The van der Waals surface area contributed by atoms with Gasteiger partial charge in [0.25, 0.3) is 0 Å². The molecule has 24 heavy (non-hydrogen) atoms. The highest BCUT2D eigenvalue weighted by Crippen LogP contribution is 2.31. The number of rotatable bonds is 4. The number of phenolic OH excluding ortho intramolecular Hbond substituents is 1. The van der Waals surface area contributed by atoms with E-state index in [1.807, 2.05) is 24.5 Å². The van der Waals surface area contributed by atoms with Gasteiger partial charge in [-0.15, -0.1) is 0 Å². The molecule has 0 bridgehead atoms. The first-order chi connectivity index (χ1) is 11.8. The Hall–Kier alpha value is -2.49. The fraction of sp³-hybridized carbons (Fsp3) is 0.350. The molecule has 0 spiro atoms. The maximum atomic E-state index is 9.85. The molecule has 2 aromatic carbocycles. The Kier molecular flexibility index (Phi) is 4.11. The third-order valence-corrected chi connectivity index (χ3v) is 5.02. The van der Waals surface area contributed by atoms with Gasteiger partial charge in [-0.1, -0.05) is 37.5 Å². The average molecular weight is 321 g/mol. The summed E-state index contributed by atoms with van der Waals surface area (Å²) in [6, 6.07) is 14.4. The van der Waals surface area contributed by atoms with Gasteiger partial charge < -0.3 is 15.0 Å². The van der Waals surface area contributed by atoms with Crippen LogP contribution in [-0.4, -0.2) is 14.7 Å². The number of anilines is 1. The van der Waals surface area contributed by atoms with Crippen LogP contribution in [-0.2, 0) is 6.54 Å². The van der Waals surface area contributed by atoms with E-state index in [9.17, 15) is 5.11 Å². The van der Waals surface area contributed by atoms with Crippen molar-refractivity contribution in [1.29, 1.82) is 0 Å². The second-order valence-corrected chi connectivity index (χ2v) is 6.63. The van der Waals surface area contributed by atoms with Crippen molar-refractivity contribution in [2.75, 3.05) is 5.32 Å². The van der Waals surface area contributed by atoms with E-state index in [2.05, 4.69) is 33.1 Å². The lowest BCUT2D eigenvalue weighted by molar-refractivity contribution is 0.359. The molecule has 124 valence electrons. The van der Waals surface area contributed by atoms with Gasteiger partial charge in [0.2, 0.25) is 0 Å². The molecule has 1 saturated carbocycles. The maximum absolute atomic E-state index is 9.85. The Morgan fingerprint density at radius 2 is 1.92 bits per heavy atom. The molecule has 3 aromatic rings. The van der Waals surface area contributed by atoms with Crippen LogP contribution in [0.25, 0.3) is 11.0 Å². The van der Waals surface area contributed by atoms with Crippen molar-refractivity contribution in [2.24, 2.45) is 0 Å². The summed E-state index contributed by atoms with van der Waals surface area (Å²) in [7, 11) is 0. The topological polar surface area (TPSA) is 50.1 Å². The van der Waals surface area contributed by atoms with E-state index in [-0.39, 0.29) is 0 Å². The number of benzene rings is 2. The molecule has 4 nitrogen and oxygen atoms in total. The van der Waals surface area contributed by atoms with Gasteiger partial charge in [0.1, 0.15) is 5.75 Å². The van der Waals surface area contributed by atoms with Crippen molar-refractivity contribution in [3.63, 3.8) is 0 Å². The number of hydrogen-bond donors (Lipinski definition) is 2. The van der Waals surface area contributed by atoms with Gasteiger partial charge in [-0.3, -0.25) is 0 Å². The van der Waals surface area contributed by atoms with Crippen molar-refractivity contribution in [3.8, 4) is 5.75 Å². The van der Waals surface area contributed by atoms with Crippen LogP contribution < -0.4 is 5.32 Å². The molecule has 1 aliphatic carbocycles. The molecule has 4 heteroatoms. The zero-order valence-electron chi connectivity index (χ0n) is 13.8. The van der Waals surface area contributed by atoms with E-state index in [0.717, 1.165) is 16.8 Å². The van der Waals surface area contributed by atoms with E-state index in [0.29, 0.717) is 18.3 Å². The number of nitrogens with one attached hydrogen (secondary N) is 1. The SMILES string of the molecule is Oc1ccccc1CNc1ccc2c(c1)ncn2C1CCCCC1. The van der Waals surface area contributed by atoms with Gasteiger partial charge in [-0.2, -0.15) is 0 Å². The zero-order valence-corrected chi connectivity index (χ0v) is 13.8. The summed E-state index contributed by atoms with van der Waals surface area (Å²) in [5.74, 6) is 0.327. The summed E-state index contributed by atoms with van der Waals surface area (Å²) in [6.07, 6.45) is 8.53. The van der Waals surface area contributed by atoms with Gasteiger partial charge in [0, 0.05) is 23.8 Å². The molecule has 0 unspecified atom stereocenters. The first-order valence-corrected chi connectivity index (χ1v) is 8.78. The molecule has 0 saturated heterocycles. The molecule has 1 heterocycles. The third kappa shape index (κ3) is 2.96. The molecular formula is C20H23N3O. The number of imidazole rings is 1. The van der Waals surface area contributed by atoms with Gasteiger partial charge in [-0.25, -0.2) is 4.98 Å². The van der Waals surface area contributed by atoms with Gasteiger partial charge in [0.15, 0.2) is 0 Å². The molecule has 1 fully saturated rings. The smallest absolute Gasteiger partial charge is 0.120 e. The number of fused-ring (bicyclic) bond motifs is 1. The number of aromatic nitrogens is 2. The normalized spacial score (nSPS) is 15.7. The minimum Gasteiger partial charge on any atom is -0.508 e. The lowest BCUT2D eigenvalue weighted by atomic mass is 9.95. The number of hydrogen-bond acceptors (Lipinski definition) is 3. The van der Waals surface area contributed by atoms with Gasteiger partial charge in [0.05, 0.1) is 17.4 Å². The summed E-state index contributed by atoms with van der Waals surface area (Å²) in [6.45, 7) is 0.599. The van der Waals surface area contributed by atoms with Crippen LogP contribution in [0.15, 0.2) is 48.8 Å². The highest BCUT2D eigenvalue weighted by molar-refractivity contribution is 5.79. The Balaban J connectivity index is 1.52. The molecule has 1 aliphatic rings. The quantitative estimate of drug-likeness (QED) is 0.721. The van der Waals surface area contributed by atoms with Crippen LogP contribution in [0.2, 0.25) is 0 Å². The Morgan fingerprint density at radius 1 is 1.08 bits per heavy atom. The monoisotopic (exact) mass is 321 g/mol. The van der Waals surface area contributed by atoms with Crippen LogP contribution in [0, 0.1) is 0 Å². The minimum absolute atomic E-state index is 0.327. The zero-order chi connectivity index (χ0) is 16.4. The predicted molar refractivity (Wildman–Crippen MR) is 97.3 cm³/mol. The summed E-state index contributed by atoms with van der Waals surface area (Å²) in [5, 5.41) is 13.2. The standard InChI is InChI=1S/C20H23N3O/c24-20-9-5-4-6-15(20)13-21-16-10-11-19-18(12-16)22-14-23(19)17-7-2-1-3-8-17/h4-6,9-12,14,17,21,24H,1-3,7-8,13H2. The van der Waals surface area contributed by atoms with E-state index in [1.165, 1.54) is 37.6 Å². The molecule has 1 aromatic heterocycles. The molecule has 0 aliphatic heterocycles. The summed E-state index contributed by atoms with van der Waals surface area (Å²) >= 11 is 0. The second kappa shape index (κ2) is 6.56. The molecule has 0 atom stereocenters. The van der Waals surface area contributed by atoms with Crippen LogP contribution in [0.1, 0.15) is 43.7 Å². The minimum atomic E-state index is 0.327. The van der Waals surface area contributed by atoms with Crippen LogP contribution in [0.4, 0.5) is 5.69 Å². The van der Waals surface area contributed by atoms with Crippen LogP contribution in [0.3, 0.4) is 0 Å². The summed E-state index contributed by atoms with van der Waals surface area (Å²) in [4.78, 5) is 4.60. The van der Waals surface area contributed by atoms with Gasteiger partial charge in [-0.05, 0) is 37.1 Å². The summed E-state index contributed by atoms with van der Waals surface area (Å²) in [5.41, 5.74) is 4.17. The fourth-order valence-electron chi connectivity index (χ4n) is 3.65. The maximum Gasteiger partial charge on any atom is 0.120 e. The Labute approximate surface area is 142 Å². The highest BCUT2D eigenvalue weighted by Gasteiger charge is 2.17. The lowest BCUT2D eigenvalue weighted by Crippen LogP contribution is -2.11. The van der Waals surface area contributed by atoms with Crippen molar-refractivity contribution in [2.45, 2.75) is 44.7 Å². The van der Waals surface area contributed by atoms with Crippen molar-refractivity contribution in [3.05, 3.63) is 54.4 Å². The Bertz CT molecular complexity index is 834. The van der Waals surface area contributed by atoms with Gasteiger partial charge >= 0.3 is 0 Å². The van der Waals surface area contributed by atoms with E-state index in [1.54, 1.807) is 6.07 Å². The number of para-hydroxylation sites is 1. The molecular weight excluding hydrogens is 298 g/mol. The first-order valence-electron chi connectivity index (χ1n) is 8.78. The molecule has 0 radical (unpaired) electrons. The van der Waals surface area contributed by atoms with Crippen molar-refractivity contribution in [1.82, 2.24) is 9.55 Å². The van der Waals surface area contributed by atoms with Crippen molar-refractivity contribution >= 4 is 16.7 Å². The second-order valence-electron chi connectivity index (χ2n) is 6.63. The molecule has 4 rings (SSSR count). The van der Waals surface area contributed by atoms with E-state index >= 15 is 0 Å². The largest absolute Gasteiger partial charge is 0.508 e. The van der Waals surface area contributed by atoms with E-state index < -0.39 is 0 Å². The van der Waals surface area contributed by atoms with Crippen LogP contribution >= 0.6 is 0 Å². The van der Waals surface area contributed by atoms with Crippen molar-refractivity contribution < 1.29 is 5.11 Å². The Morgan fingerprint density at radius 3 is 2.75 bits per heavy atom. The lowest BCUT2D eigenvalue weighted by Gasteiger charge is -2.23. The third-order valence-electron chi connectivity index (χ3n) is 5.02. The average Bonchev–Trinajstić information content (AvgIpc) is 3.05. The fourth-order valence-corrected chi connectivity index (χ4v) is 3.65. The molecule has 0 amide bonds. The number of aromatic hydroxyl groups is 1. The van der Waals surface area contributed by atoms with E-state index in [4.69, 9.17) is 0 Å². The molecule has 2 N–H and O–H groups in total.